The average molecular weight is 252 g/mol. The Morgan fingerprint density at radius 1 is 1.11 bits per heavy atom. The van der Waals surface area contributed by atoms with E-state index in [4.69, 9.17) is 0 Å². The summed E-state index contributed by atoms with van der Waals surface area (Å²) >= 11 is 0. The molecule has 2 aliphatic rings. The highest BCUT2D eigenvalue weighted by Crippen LogP contribution is 2.30. The maximum atomic E-state index is 13.3. The molecule has 1 aromatic carbocycles. The van der Waals surface area contributed by atoms with Crippen LogP contribution in [-0.2, 0) is 0 Å². The van der Waals surface area contributed by atoms with E-state index in [0.29, 0.717) is 12.1 Å². The van der Waals surface area contributed by atoms with Gasteiger partial charge in [-0.3, -0.25) is 0 Å². The Morgan fingerprint density at radius 2 is 1.94 bits per heavy atom. The van der Waals surface area contributed by atoms with Crippen LogP contribution in [0, 0.1) is 11.6 Å². The van der Waals surface area contributed by atoms with Crippen molar-refractivity contribution < 1.29 is 8.78 Å². The summed E-state index contributed by atoms with van der Waals surface area (Å²) in [4.78, 5) is 2.24. The van der Waals surface area contributed by atoms with Crippen molar-refractivity contribution in [2.75, 3.05) is 18.0 Å². The first kappa shape index (κ1) is 11.9. The van der Waals surface area contributed by atoms with Crippen LogP contribution in [0.25, 0.3) is 0 Å². The Labute approximate surface area is 106 Å². The van der Waals surface area contributed by atoms with Crippen LogP contribution in [0.15, 0.2) is 18.2 Å². The number of nitrogens with zero attached hydrogens (tertiary/aromatic N) is 1. The van der Waals surface area contributed by atoms with Crippen molar-refractivity contribution >= 4 is 5.69 Å². The minimum Gasteiger partial charge on any atom is -0.366 e. The van der Waals surface area contributed by atoms with Crippen molar-refractivity contribution in [1.29, 1.82) is 0 Å². The molecule has 2 fully saturated rings. The molecule has 1 saturated heterocycles. The maximum absolute atomic E-state index is 13.3. The van der Waals surface area contributed by atoms with Gasteiger partial charge in [0.2, 0.25) is 0 Å². The van der Waals surface area contributed by atoms with Gasteiger partial charge in [0.1, 0.15) is 0 Å². The van der Waals surface area contributed by atoms with E-state index in [-0.39, 0.29) is 0 Å². The number of rotatable bonds is 1. The maximum Gasteiger partial charge on any atom is 0.160 e. The molecule has 1 N–H and O–H groups in total. The van der Waals surface area contributed by atoms with Gasteiger partial charge in [0.05, 0.1) is 0 Å². The normalized spacial score (nSPS) is 28.0. The molecule has 0 spiro atoms. The van der Waals surface area contributed by atoms with Crippen molar-refractivity contribution in [2.24, 2.45) is 0 Å². The monoisotopic (exact) mass is 252 g/mol. The van der Waals surface area contributed by atoms with Gasteiger partial charge in [0.15, 0.2) is 11.6 Å². The number of hydrogen-bond donors (Lipinski definition) is 1. The van der Waals surface area contributed by atoms with E-state index < -0.39 is 11.6 Å². The molecule has 0 radical (unpaired) electrons. The fraction of sp³-hybridized carbons (Fsp3) is 0.571. The number of benzene rings is 1. The molecule has 2 nitrogen and oxygen atoms in total. The van der Waals surface area contributed by atoms with Crippen LogP contribution in [0.3, 0.4) is 0 Å². The van der Waals surface area contributed by atoms with Gasteiger partial charge in [-0.1, -0.05) is 12.8 Å². The summed E-state index contributed by atoms with van der Waals surface area (Å²) in [5.74, 6) is -1.52. The molecule has 0 bridgehead atoms. The zero-order chi connectivity index (χ0) is 12.5. The number of nitrogens with one attached hydrogen (secondary N) is 1. The molecular formula is C14H18F2N2. The summed E-state index contributed by atoms with van der Waals surface area (Å²) in [6.07, 6.45) is 4.81. The van der Waals surface area contributed by atoms with Gasteiger partial charge in [-0.05, 0) is 25.0 Å². The second-order valence-corrected chi connectivity index (χ2v) is 5.20. The first-order valence-electron chi connectivity index (χ1n) is 6.71. The highest BCUT2D eigenvalue weighted by Gasteiger charge is 2.33. The molecule has 1 aromatic rings. The molecule has 18 heavy (non-hydrogen) atoms. The Balaban J connectivity index is 1.87. The number of fused-ring (bicyclic) bond motifs is 1. The lowest BCUT2D eigenvalue weighted by Gasteiger charge is -2.46. The zero-order valence-corrected chi connectivity index (χ0v) is 10.3. The lowest BCUT2D eigenvalue weighted by Crippen LogP contribution is -2.59. The third kappa shape index (κ3) is 2.09. The van der Waals surface area contributed by atoms with Gasteiger partial charge in [-0.25, -0.2) is 8.78 Å². The lowest BCUT2D eigenvalue weighted by atomic mass is 9.87. The topological polar surface area (TPSA) is 15.3 Å². The van der Waals surface area contributed by atoms with Gasteiger partial charge < -0.3 is 10.2 Å². The van der Waals surface area contributed by atoms with Gasteiger partial charge in [0.25, 0.3) is 0 Å². The Hall–Kier alpha value is -1.16. The van der Waals surface area contributed by atoms with Gasteiger partial charge in [-0.15, -0.1) is 0 Å². The van der Waals surface area contributed by atoms with Crippen molar-refractivity contribution in [2.45, 2.75) is 37.8 Å². The minimum atomic E-state index is -0.769. The van der Waals surface area contributed by atoms with Crippen LogP contribution < -0.4 is 10.2 Å². The predicted octanol–water partition coefficient (Wildman–Crippen LogP) is 2.69. The third-order valence-corrected chi connectivity index (χ3v) is 4.12. The van der Waals surface area contributed by atoms with Gasteiger partial charge in [0, 0.05) is 36.9 Å². The predicted molar refractivity (Wildman–Crippen MR) is 67.8 cm³/mol. The van der Waals surface area contributed by atoms with Gasteiger partial charge in [-0.2, -0.15) is 0 Å². The standard InChI is InChI=1S/C14H18F2N2/c15-11-6-5-10(9-12(11)16)18-8-7-17-13-3-1-2-4-14(13)18/h5-6,9,13-14,17H,1-4,7-8H2/t13-,14-/m1/s1. The third-order valence-electron chi connectivity index (χ3n) is 4.12. The molecule has 1 heterocycles. The second kappa shape index (κ2) is 4.84. The van der Waals surface area contributed by atoms with Crippen LogP contribution in [0.1, 0.15) is 25.7 Å². The smallest absolute Gasteiger partial charge is 0.160 e. The van der Waals surface area contributed by atoms with Gasteiger partial charge >= 0.3 is 0 Å². The summed E-state index contributed by atoms with van der Waals surface area (Å²) in [5.41, 5.74) is 0.812. The van der Waals surface area contributed by atoms with Crippen molar-refractivity contribution in [3.63, 3.8) is 0 Å². The average Bonchev–Trinajstić information content (AvgIpc) is 2.41. The van der Waals surface area contributed by atoms with Crippen molar-refractivity contribution in [1.82, 2.24) is 5.32 Å². The summed E-state index contributed by atoms with van der Waals surface area (Å²) in [7, 11) is 0. The van der Waals surface area contributed by atoms with Crippen molar-refractivity contribution in [3.8, 4) is 0 Å². The quantitative estimate of drug-likeness (QED) is 0.826. The fourth-order valence-electron chi connectivity index (χ4n) is 3.24. The summed E-state index contributed by atoms with van der Waals surface area (Å²) in [6.45, 7) is 1.78. The number of hydrogen-bond acceptors (Lipinski definition) is 2. The first-order valence-corrected chi connectivity index (χ1v) is 6.71. The SMILES string of the molecule is Fc1ccc(N2CCN[C@@H]3CCCC[C@H]32)cc1F. The van der Waals surface area contributed by atoms with E-state index in [1.165, 1.54) is 31.4 Å². The van der Waals surface area contributed by atoms with E-state index in [0.717, 1.165) is 25.2 Å². The summed E-state index contributed by atoms with van der Waals surface area (Å²) < 4.78 is 26.3. The molecule has 3 rings (SSSR count). The largest absolute Gasteiger partial charge is 0.366 e. The lowest BCUT2D eigenvalue weighted by molar-refractivity contribution is 0.284. The van der Waals surface area contributed by atoms with E-state index in [1.807, 2.05) is 0 Å². The summed E-state index contributed by atoms with van der Waals surface area (Å²) in [6, 6.07) is 5.17. The van der Waals surface area contributed by atoms with Crippen LogP contribution >= 0.6 is 0 Å². The Kier molecular flexibility index (Phi) is 3.20. The first-order chi connectivity index (χ1) is 8.75. The van der Waals surface area contributed by atoms with E-state index in [1.54, 1.807) is 6.07 Å². The molecule has 98 valence electrons. The fourth-order valence-corrected chi connectivity index (χ4v) is 3.24. The van der Waals surface area contributed by atoms with E-state index in [9.17, 15) is 8.78 Å². The molecule has 1 aliphatic carbocycles. The van der Waals surface area contributed by atoms with Crippen LogP contribution in [0.4, 0.5) is 14.5 Å². The van der Waals surface area contributed by atoms with E-state index >= 15 is 0 Å². The zero-order valence-electron chi connectivity index (χ0n) is 10.3. The van der Waals surface area contributed by atoms with E-state index in [2.05, 4.69) is 10.2 Å². The summed E-state index contributed by atoms with van der Waals surface area (Å²) in [5, 5.41) is 3.54. The number of halogens is 2. The second-order valence-electron chi connectivity index (χ2n) is 5.20. The molecule has 0 unspecified atom stereocenters. The molecule has 0 amide bonds. The Bertz CT molecular complexity index is 434. The molecule has 4 heteroatoms. The van der Waals surface area contributed by atoms with Crippen LogP contribution in [0.2, 0.25) is 0 Å². The van der Waals surface area contributed by atoms with Crippen LogP contribution in [0.5, 0.6) is 0 Å². The molecule has 2 atom stereocenters. The molecule has 1 aliphatic heterocycles. The number of anilines is 1. The molecular weight excluding hydrogens is 234 g/mol. The molecule has 1 saturated carbocycles. The number of piperazine rings is 1. The minimum absolute atomic E-state index is 0.428. The highest BCUT2D eigenvalue weighted by molar-refractivity contribution is 5.49. The Morgan fingerprint density at radius 3 is 2.78 bits per heavy atom. The van der Waals surface area contributed by atoms with Crippen molar-refractivity contribution in [3.05, 3.63) is 29.8 Å². The van der Waals surface area contributed by atoms with Crippen LogP contribution in [-0.4, -0.2) is 25.2 Å². The molecule has 0 aromatic heterocycles. The highest BCUT2D eigenvalue weighted by atomic mass is 19.2.